The predicted molar refractivity (Wildman–Crippen MR) is 50.7 cm³/mol. The van der Waals surface area contributed by atoms with Crippen LogP contribution < -0.4 is 10.6 Å². The first kappa shape index (κ1) is 9.45. The molecule has 0 spiro atoms. The topological polar surface area (TPSA) is 61.4 Å². The van der Waals surface area contributed by atoms with Gasteiger partial charge in [-0.25, -0.2) is 4.79 Å². The van der Waals surface area contributed by atoms with Crippen molar-refractivity contribution >= 4 is 11.9 Å². The zero-order valence-electron chi connectivity index (χ0n) is 8.25. The van der Waals surface area contributed by atoms with Crippen LogP contribution in [0.25, 0.3) is 0 Å². The molecule has 2 aliphatic rings. The Kier molecular flexibility index (Phi) is 2.41. The summed E-state index contributed by atoms with van der Waals surface area (Å²) in [6, 6.07) is -0.213. The van der Waals surface area contributed by atoms with Gasteiger partial charge in [-0.3, -0.25) is 10.1 Å². The molecule has 3 amide bonds. The van der Waals surface area contributed by atoms with Gasteiger partial charge < -0.3 is 10.2 Å². The number of imide groups is 1. The largest absolute Gasteiger partial charge is 0.324 e. The lowest BCUT2D eigenvalue weighted by atomic mass is 10.2. The van der Waals surface area contributed by atoms with E-state index in [4.69, 9.17) is 0 Å². The molecule has 0 radical (unpaired) electrons. The van der Waals surface area contributed by atoms with Gasteiger partial charge in [-0.05, 0) is 26.3 Å². The van der Waals surface area contributed by atoms with Gasteiger partial charge in [0, 0.05) is 12.6 Å². The second-order valence-electron chi connectivity index (χ2n) is 3.92. The molecule has 0 aromatic carbocycles. The van der Waals surface area contributed by atoms with Crippen molar-refractivity contribution in [1.29, 1.82) is 0 Å². The fraction of sp³-hybridized carbons (Fsp3) is 0.778. The number of nitrogens with zero attached hydrogens (tertiary/aromatic N) is 1. The third-order valence-electron chi connectivity index (χ3n) is 2.92. The van der Waals surface area contributed by atoms with E-state index in [9.17, 15) is 9.59 Å². The van der Waals surface area contributed by atoms with E-state index in [1.165, 1.54) is 0 Å². The quantitative estimate of drug-likeness (QED) is 0.596. The fourth-order valence-electron chi connectivity index (χ4n) is 1.99. The second kappa shape index (κ2) is 3.57. The van der Waals surface area contributed by atoms with E-state index in [1.54, 1.807) is 11.8 Å². The van der Waals surface area contributed by atoms with E-state index >= 15 is 0 Å². The molecule has 0 aromatic rings. The van der Waals surface area contributed by atoms with Gasteiger partial charge in [-0.15, -0.1) is 0 Å². The first-order chi connectivity index (χ1) is 6.68. The van der Waals surface area contributed by atoms with E-state index in [1.807, 2.05) is 0 Å². The predicted octanol–water partition coefficient (Wildman–Crippen LogP) is -0.321. The van der Waals surface area contributed by atoms with Crippen LogP contribution in [0.4, 0.5) is 4.79 Å². The van der Waals surface area contributed by atoms with Crippen LogP contribution in [0.2, 0.25) is 0 Å². The monoisotopic (exact) mass is 197 g/mol. The Hall–Kier alpha value is -1.10. The molecule has 0 aromatic heterocycles. The maximum absolute atomic E-state index is 11.3. The van der Waals surface area contributed by atoms with Crippen LogP contribution in [0.5, 0.6) is 0 Å². The van der Waals surface area contributed by atoms with Crippen LogP contribution in [-0.4, -0.2) is 42.0 Å². The Morgan fingerprint density at radius 2 is 2.29 bits per heavy atom. The van der Waals surface area contributed by atoms with Crippen molar-refractivity contribution in [2.45, 2.75) is 31.8 Å². The molecule has 78 valence electrons. The van der Waals surface area contributed by atoms with Gasteiger partial charge >= 0.3 is 6.03 Å². The number of carbonyl (C=O) groups excluding carboxylic acids is 2. The fourth-order valence-corrected chi connectivity index (χ4v) is 1.99. The highest BCUT2D eigenvalue weighted by Crippen LogP contribution is 2.12. The molecule has 14 heavy (non-hydrogen) atoms. The van der Waals surface area contributed by atoms with Gasteiger partial charge in [0.25, 0.3) is 5.91 Å². The Morgan fingerprint density at radius 1 is 1.50 bits per heavy atom. The maximum atomic E-state index is 11.3. The van der Waals surface area contributed by atoms with E-state index in [2.05, 4.69) is 10.6 Å². The summed E-state index contributed by atoms with van der Waals surface area (Å²) in [6.07, 6.45) is 2.24. The molecule has 2 atom stereocenters. The van der Waals surface area contributed by atoms with Crippen LogP contribution in [0.1, 0.15) is 19.8 Å². The van der Waals surface area contributed by atoms with Crippen molar-refractivity contribution in [3.05, 3.63) is 0 Å². The van der Waals surface area contributed by atoms with Crippen LogP contribution in [0, 0.1) is 0 Å². The average Bonchev–Trinajstić information content (AvgIpc) is 2.71. The Bertz CT molecular complexity index is 261. The smallest absolute Gasteiger partial charge is 0.312 e. The average molecular weight is 197 g/mol. The van der Waals surface area contributed by atoms with Crippen LogP contribution >= 0.6 is 0 Å². The number of rotatable bonds is 2. The minimum atomic E-state index is -0.315. The zero-order chi connectivity index (χ0) is 10.1. The molecule has 2 fully saturated rings. The van der Waals surface area contributed by atoms with Crippen molar-refractivity contribution in [2.24, 2.45) is 0 Å². The zero-order valence-corrected chi connectivity index (χ0v) is 8.25. The summed E-state index contributed by atoms with van der Waals surface area (Å²) < 4.78 is 0. The highest BCUT2D eigenvalue weighted by molar-refractivity contribution is 6.03. The minimum absolute atomic E-state index is 0.187. The number of amides is 3. The summed E-state index contributed by atoms with van der Waals surface area (Å²) in [5.41, 5.74) is 0. The molecule has 0 aliphatic carbocycles. The summed E-state index contributed by atoms with van der Waals surface area (Å²) >= 11 is 0. The minimum Gasteiger partial charge on any atom is -0.312 e. The Labute approximate surface area is 82.8 Å². The van der Waals surface area contributed by atoms with Gasteiger partial charge in [-0.2, -0.15) is 0 Å². The van der Waals surface area contributed by atoms with Gasteiger partial charge in [0.15, 0.2) is 0 Å². The summed E-state index contributed by atoms with van der Waals surface area (Å²) in [5, 5.41) is 5.62. The summed E-state index contributed by atoms with van der Waals surface area (Å²) in [5.74, 6) is -0.187. The molecule has 5 heteroatoms. The van der Waals surface area contributed by atoms with Gasteiger partial charge in [-0.1, -0.05) is 0 Å². The molecule has 2 unspecified atom stereocenters. The lowest BCUT2D eigenvalue weighted by Gasteiger charge is -2.22. The SMILES string of the molecule is CC1C(=O)NC(=O)N1CC1CCCN1. The Balaban J connectivity index is 1.96. The number of urea groups is 1. The third-order valence-corrected chi connectivity index (χ3v) is 2.92. The molecular weight excluding hydrogens is 182 g/mol. The highest BCUT2D eigenvalue weighted by Gasteiger charge is 2.36. The van der Waals surface area contributed by atoms with Crippen LogP contribution in [0.15, 0.2) is 0 Å². The van der Waals surface area contributed by atoms with Crippen molar-refractivity contribution in [1.82, 2.24) is 15.5 Å². The first-order valence-electron chi connectivity index (χ1n) is 5.03. The summed E-state index contributed by atoms with van der Waals surface area (Å²) in [6.45, 7) is 3.41. The van der Waals surface area contributed by atoms with E-state index < -0.39 is 0 Å². The number of nitrogens with one attached hydrogen (secondary N) is 2. The van der Waals surface area contributed by atoms with Crippen LogP contribution in [0.3, 0.4) is 0 Å². The summed E-state index contributed by atoms with van der Waals surface area (Å²) in [4.78, 5) is 24.1. The van der Waals surface area contributed by atoms with E-state index in [0.717, 1.165) is 19.4 Å². The highest BCUT2D eigenvalue weighted by atomic mass is 16.2. The molecular formula is C9H15N3O2. The molecule has 2 rings (SSSR count). The lowest BCUT2D eigenvalue weighted by molar-refractivity contribution is -0.121. The molecule has 2 heterocycles. The molecule has 0 saturated carbocycles. The molecule has 2 saturated heterocycles. The second-order valence-corrected chi connectivity index (χ2v) is 3.92. The summed E-state index contributed by atoms with van der Waals surface area (Å²) in [7, 11) is 0. The van der Waals surface area contributed by atoms with Gasteiger partial charge in [0.2, 0.25) is 0 Å². The van der Waals surface area contributed by atoms with Crippen molar-refractivity contribution < 1.29 is 9.59 Å². The van der Waals surface area contributed by atoms with E-state index in [-0.39, 0.29) is 18.0 Å². The Morgan fingerprint density at radius 3 is 2.79 bits per heavy atom. The number of hydrogen-bond acceptors (Lipinski definition) is 3. The van der Waals surface area contributed by atoms with E-state index in [0.29, 0.717) is 12.6 Å². The third kappa shape index (κ3) is 1.59. The standard InChI is InChI=1S/C9H15N3O2/c1-6-8(13)11-9(14)12(6)5-7-3-2-4-10-7/h6-7,10H,2-5H2,1H3,(H,11,13,14). The van der Waals surface area contributed by atoms with Crippen molar-refractivity contribution in [2.75, 3.05) is 13.1 Å². The normalized spacial score (nSPS) is 32.5. The lowest BCUT2D eigenvalue weighted by Crippen LogP contribution is -2.42. The molecule has 0 bridgehead atoms. The molecule has 5 nitrogen and oxygen atoms in total. The van der Waals surface area contributed by atoms with Crippen molar-refractivity contribution in [3.8, 4) is 0 Å². The molecule has 2 N–H and O–H groups in total. The number of hydrogen-bond donors (Lipinski definition) is 2. The number of carbonyl (C=O) groups is 2. The van der Waals surface area contributed by atoms with Gasteiger partial charge in [0.05, 0.1) is 0 Å². The maximum Gasteiger partial charge on any atom is 0.324 e. The van der Waals surface area contributed by atoms with Crippen LogP contribution in [-0.2, 0) is 4.79 Å². The molecule has 2 aliphatic heterocycles. The van der Waals surface area contributed by atoms with Gasteiger partial charge in [0.1, 0.15) is 6.04 Å². The van der Waals surface area contributed by atoms with Crippen molar-refractivity contribution in [3.63, 3.8) is 0 Å². The first-order valence-corrected chi connectivity index (χ1v) is 5.03.